The fourth-order valence-corrected chi connectivity index (χ4v) is 4.12. The van der Waals surface area contributed by atoms with Crippen molar-refractivity contribution >= 4 is 16.8 Å². The van der Waals surface area contributed by atoms with Crippen LogP contribution in [0, 0.1) is 0 Å². The molecule has 4 heteroatoms. The summed E-state index contributed by atoms with van der Waals surface area (Å²) in [5.74, 6) is 0.646. The van der Waals surface area contributed by atoms with Gasteiger partial charge in [-0.05, 0) is 37.8 Å². The summed E-state index contributed by atoms with van der Waals surface area (Å²) in [4.78, 5) is 18.1. The number of hydrogen-bond acceptors (Lipinski definition) is 4. The highest BCUT2D eigenvalue weighted by Crippen LogP contribution is 2.25. The van der Waals surface area contributed by atoms with E-state index in [1.807, 2.05) is 30.3 Å². The Bertz CT molecular complexity index is 645. The molecule has 0 bridgehead atoms. The molecule has 0 unspecified atom stereocenters. The summed E-state index contributed by atoms with van der Waals surface area (Å²) < 4.78 is 5.89. The molecule has 2 fully saturated rings. The van der Waals surface area contributed by atoms with Gasteiger partial charge in [0.15, 0.2) is 5.76 Å². The minimum Gasteiger partial charge on any atom is -0.453 e. The van der Waals surface area contributed by atoms with E-state index in [4.69, 9.17) is 4.42 Å². The van der Waals surface area contributed by atoms with Crippen molar-refractivity contribution in [2.24, 2.45) is 0 Å². The summed E-state index contributed by atoms with van der Waals surface area (Å²) in [5.41, 5.74) is 0.803. The van der Waals surface area contributed by atoms with E-state index >= 15 is 0 Å². The van der Waals surface area contributed by atoms with Gasteiger partial charge in [0.1, 0.15) is 11.7 Å². The van der Waals surface area contributed by atoms with Gasteiger partial charge in [0.25, 0.3) is 0 Å². The van der Waals surface area contributed by atoms with Crippen molar-refractivity contribution in [3.05, 3.63) is 36.1 Å². The zero-order chi connectivity index (χ0) is 16.4. The van der Waals surface area contributed by atoms with Gasteiger partial charge < -0.3 is 4.42 Å². The van der Waals surface area contributed by atoms with Crippen LogP contribution < -0.4 is 0 Å². The maximum atomic E-state index is 13.3. The number of para-hydroxylation sites is 1. The minimum absolute atomic E-state index is 0.134. The smallest absolute Gasteiger partial charge is 0.229 e. The summed E-state index contributed by atoms with van der Waals surface area (Å²) >= 11 is 0. The zero-order valence-corrected chi connectivity index (χ0v) is 14.2. The number of rotatable bonds is 4. The van der Waals surface area contributed by atoms with Gasteiger partial charge in [0.2, 0.25) is 5.78 Å². The number of carbonyl (C=O) groups is 1. The first-order valence-corrected chi connectivity index (χ1v) is 9.34. The van der Waals surface area contributed by atoms with Crippen molar-refractivity contribution in [2.45, 2.75) is 44.7 Å². The second-order valence-electron chi connectivity index (χ2n) is 7.08. The summed E-state index contributed by atoms with van der Waals surface area (Å²) in [7, 11) is 0. The third-order valence-corrected chi connectivity index (χ3v) is 5.38. The topological polar surface area (TPSA) is 36.7 Å². The number of carbonyl (C=O) groups excluding carboxylic acids is 1. The van der Waals surface area contributed by atoms with Crippen LogP contribution in [0.15, 0.2) is 34.7 Å². The lowest BCUT2D eigenvalue weighted by Gasteiger charge is -2.41. The van der Waals surface area contributed by atoms with E-state index in [0.29, 0.717) is 5.76 Å². The normalized spacial score (nSPS) is 20.7. The molecule has 0 spiro atoms. The predicted octanol–water partition coefficient (Wildman–Crippen LogP) is 3.91. The molecule has 0 radical (unpaired) electrons. The van der Waals surface area contributed by atoms with Crippen molar-refractivity contribution in [3.63, 3.8) is 0 Å². The highest BCUT2D eigenvalue weighted by Gasteiger charge is 2.35. The molecule has 0 saturated carbocycles. The average molecular weight is 326 g/mol. The Hall–Kier alpha value is -1.65. The van der Waals surface area contributed by atoms with Crippen molar-refractivity contribution in [3.8, 4) is 0 Å². The van der Waals surface area contributed by atoms with E-state index in [0.717, 1.165) is 37.1 Å². The van der Waals surface area contributed by atoms with Crippen molar-refractivity contribution < 1.29 is 9.21 Å². The molecule has 2 aliphatic rings. The largest absolute Gasteiger partial charge is 0.453 e. The molecule has 2 aliphatic heterocycles. The number of fused-ring (bicyclic) bond motifs is 1. The summed E-state index contributed by atoms with van der Waals surface area (Å²) in [6.07, 6.45) is 7.18. The number of ketones is 1. The minimum atomic E-state index is -0.147. The van der Waals surface area contributed by atoms with Gasteiger partial charge in [-0.1, -0.05) is 31.0 Å². The molecule has 24 heavy (non-hydrogen) atoms. The number of benzene rings is 1. The van der Waals surface area contributed by atoms with Crippen LogP contribution in [-0.2, 0) is 0 Å². The summed E-state index contributed by atoms with van der Waals surface area (Å²) in [5, 5.41) is 1.01. The Kier molecular flexibility index (Phi) is 4.67. The molecule has 2 saturated heterocycles. The van der Waals surface area contributed by atoms with Crippen LogP contribution in [0.1, 0.15) is 49.1 Å². The molecule has 0 atom stereocenters. The third kappa shape index (κ3) is 3.13. The highest BCUT2D eigenvalue weighted by atomic mass is 16.3. The van der Waals surface area contributed by atoms with Crippen LogP contribution >= 0.6 is 0 Å². The Labute approximate surface area is 143 Å². The SMILES string of the molecule is O=C(c1cc2ccccc2o1)C(N1CCCCC1)N1CCCCC1. The number of likely N-dealkylation sites (tertiary alicyclic amines) is 2. The lowest BCUT2D eigenvalue weighted by Crippen LogP contribution is -2.55. The fraction of sp³-hybridized carbons (Fsp3) is 0.550. The average Bonchev–Trinajstić information content (AvgIpc) is 3.08. The van der Waals surface area contributed by atoms with E-state index in [-0.39, 0.29) is 11.9 Å². The number of nitrogens with zero attached hydrogens (tertiary/aromatic N) is 2. The highest BCUT2D eigenvalue weighted by molar-refractivity contribution is 6.00. The summed E-state index contributed by atoms with van der Waals surface area (Å²) in [6.45, 7) is 4.08. The number of Topliss-reactive ketones (excluding diaryl/α,β-unsaturated/α-hetero) is 1. The second kappa shape index (κ2) is 7.08. The molecule has 2 aromatic rings. The van der Waals surface area contributed by atoms with Crippen molar-refractivity contribution in [1.29, 1.82) is 0 Å². The fourth-order valence-electron chi connectivity index (χ4n) is 4.12. The Morgan fingerprint density at radius 1 is 0.875 bits per heavy atom. The number of hydrogen-bond donors (Lipinski definition) is 0. The zero-order valence-electron chi connectivity index (χ0n) is 14.2. The van der Waals surface area contributed by atoms with E-state index in [1.165, 1.54) is 38.5 Å². The maximum absolute atomic E-state index is 13.3. The van der Waals surface area contributed by atoms with Gasteiger partial charge in [-0.25, -0.2) is 0 Å². The molecule has 0 aliphatic carbocycles. The van der Waals surface area contributed by atoms with Gasteiger partial charge in [0, 0.05) is 31.6 Å². The van der Waals surface area contributed by atoms with Gasteiger partial charge in [-0.2, -0.15) is 0 Å². The van der Waals surface area contributed by atoms with Crippen molar-refractivity contribution in [1.82, 2.24) is 9.80 Å². The first kappa shape index (κ1) is 15.9. The molecule has 128 valence electrons. The Morgan fingerprint density at radius 2 is 1.46 bits per heavy atom. The maximum Gasteiger partial charge on any atom is 0.229 e. The quantitative estimate of drug-likeness (QED) is 0.798. The van der Waals surface area contributed by atoms with Crippen LogP contribution in [0.4, 0.5) is 0 Å². The Balaban J connectivity index is 1.64. The van der Waals surface area contributed by atoms with Gasteiger partial charge >= 0.3 is 0 Å². The molecule has 4 rings (SSSR count). The van der Waals surface area contributed by atoms with E-state index < -0.39 is 0 Å². The first-order chi connectivity index (χ1) is 11.8. The van der Waals surface area contributed by atoms with E-state index in [1.54, 1.807) is 0 Å². The first-order valence-electron chi connectivity index (χ1n) is 9.34. The molecule has 1 aromatic heterocycles. The molecular formula is C20H26N2O2. The van der Waals surface area contributed by atoms with Crippen LogP contribution in [0.5, 0.6) is 0 Å². The second-order valence-corrected chi connectivity index (χ2v) is 7.08. The molecular weight excluding hydrogens is 300 g/mol. The Morgan fingerprint density at radius 3 is 2.04 bits per heavy atom. The molecule has 3 heterocycles. The number of furan rings is 1. The molecule has 0 N–H and O–H groups in total. The van der Waals surface area contributed by atoms with Gasteiger partial charge in [0.05, 0.1) is 0 Å². The standard InChI is InChI=1S/C20H26N2O2/c23-19(18-15-16-9-3-4-10-17(16)24-18)20(21-11-5-1-6-12-21)22-13-7-2-8-14-22/h3-4,9-10,15,20H,1-2,5-8,11-14H2. The van der Waals surface area contributed by atoms with E-state index in [9.17, 15) is 4.79 Å². The molecule has 0 amide bonds. The van der Waals surface area contributed by atoms with Gasteiger partial charge in [-0.3, -0.25) is 14.6 Å². The lowest BCUT2D eigenvalue weighted by molar-refractivity contribution is 0.0176. The summed E-state index contributed by atoms with van der Waals surface area (Å²) in [6, 6.07) is 9.79. The van der Waals surface area contributed by atoms with E-state index in [2.05, 4.69) is 9.80 Å². The number of piperidine rings is 2. The monoisotopic (exact) mass is 326 g/mol. The van der Waals surface area contributed by atoms with Crippen LogP contribution in [0.2, 0.25) is 0 Å². The van der Waals surface area contributed by atoms with Crippen LogP contribution in [-0.4, -0.2) is 47.9 Å². The van der Waals surface area contributed by atoms with Gasteiger partial charge in [-0.15, -0.1) is 0 Å². The lowest BCUT2D eigenvalue weighted by atomic mass is 10.0. The van der Waals surface area contributed by atoms with Crippen LogP contribution in [0.3, 0.4) is 0 Å². The third-order valence-electron chi connectivity index (χ3n) is 5.38. The predicted molar refractivity (Wildman–Crippen MR) is 95.2 cm³/mol. The van der Waals surface area contributed by atoms with Crippen molar-refractivity contribution in [2.75, 3.05) is 26.2 Å². The van der Waals surface area contributed by atoms with Crippen LogP contribution in [0.25, 0.3) is 11.0 Å². The molecule has 4 nitrogen and oxygen atoms in total. The molecule has 1 aromatic carbocycles.